The van der Waals surface area contributed by atoms with E-state index < -0.39 is 17.9 Å². The molecule has 2 N–H and O–H groups in total. The molecular formula is C33H39NO6. The normalized spacial score (nSPS) is 13.1. The highest BCUT2D eigenvalue weighted by Gasteiger charge is 2.22. The predicted octanol–water partition coefficient (Wildman–Crippen LogP) is 6.48. The molecule has 7 nitrogen and oxygen atoms in total. The lowest BCUT2D eigenvalue weighted by molar-refractivity contribution is -0.139. The standard InChI is InChI=1S/C33H39NO6/c1-4-6-11-24-18-30-31(40-16-15-39-30)19-25(24)21-38-20-23-13-14-27(32(35)34-29(9-5-2)33(36)37)28(17-23)26-12-8-7-10-22(26)3/h7-8,10,12-14,17-19,29H,4-6,9,11,15-16,20-21H2,1-3H3,(H,34,35)(H,36,37). The molecule has 1 amide bonds. The molecule has 0 aliphatic carbocycles. The molecule has 0 bridgehead atoms. The van der Waals surface area contributed by atoms with Gasteiger partial charge in [-0.25, -0.2) is 4.79 Å². The smallest absolute Gasteiger partial charge is 0.326 e. The molecule has 0 radical (unpaired) electrons. The highest BCUT2D eigenvalue weighted by molar-refractivity contribution is 6.02. The maximum absolute atomic E-state index is 13.3. The highest BCUT2D eigenvalue weighted by atomic mass is 16.6. The summed E-state index contributed by atoms with van der Waals surface area (Å²) in [7, 11) is 0. The predicted molar refractivity (Wildman–Crippen MR) is 155 cm³/mol. The van der Waals surface area contributed by atoms with Crippen molar-refractivity contribution in [3.8, 4) is 22.6 Å². The van der Waals surface area contributed by atoms with Crippen LogP contribution in [0.5, 0.6) is 11.5 Å². The summed E-state index contributed by atoms with van der Waals surface area (Å²) < 4.78 is 17.8. The summed E-state index contributed by atoms with van der Waals surface area (Å²) in [5.74, 6) is 0.116. The number of aryl methyl sites for hydroxylation is 2. The van der Waals surface area contributed by atoms with Gasteiger partial charge in [-0.1, -0.05) is 57.0 Å². The molecule has 212 valence electrons. The third-order valence-electron chi connectivity index (χ3n) is 7.13. The monoisotopic (exact) mass is 545 g/mol. The molecule has 1 atom stereocenters. The van der Waals surface area contributed by atoms with E-state index in [9.17, 15) is 14.7 Å². The van der Waals surface area contributed by atoms with Crippen molar-refractivity contribution in [2.24, 2.45) is 0 Å². The van der Waals surface area contributed by atoms with Gasteiger partial charge in [0.05, 0.1) is 13.2 Å². The van der Waals surface area contributed by atoms with Gasteiger partial charge in [0.15, 0.2) is 11.5 Å². The van der Waals surface area contributed by atoms with Crippen LogP contribution in [0, 0.1) is 6.92 Å². The number of carbonyl (C=O) groups is 2. The molecule has 3 aromatic carbocycles. The molecule has 0 fully saturated rings. The number of benzene rings is 3. The zero-order valence-corrected chi connectivity index (χ0v) is 23.6. The fraction of sp³-hybridized carbons (Fsp3) is 0.394. The van der Waals surface area contributed by atoms with Crippen LogP contribution in [-0.4, -0.2) is 36.2 Å². The number of amides is 1. The maximum Gasteiger partial charge on any atom is 0.326 e. The summed E-state index contributed by atoms with van der Waals surface area (Å²) in [4.78, 5) is 24.9. The highest BCUT2D eigenvalue weighted by Crippen LogP contribution is 2.34. The molecule has 7 heteroatoms. The topological polar surface area (TPSA) is 94.1 Å². The Kier molecular flexibility index (Phi) is 10.2. The number of carboxylic acid groups (broad SMARTS) is 1. The first-order chi connectivity index (χ1) is 19.4. The van der Waals surface area contributed by atoms with Crippen molar-refractivity contribution in [1.82, 2.24) is 5.32 Å². The summed E-state index contributed by atoms with van der Waals surface area (Å²) in [6.45, 7) is 7.95. The molecule has 0 aromatic heterocycles. The summed E-state index contributed by atoms with van der Waals surface area (Å²) in [5.41, 5.74) is 6.35. The second-order valence-electron chi connectivity index (χ2n) is 10.2. The Labute approximate surface area is 236 Å². The summed E-state index contributed by atoms with van der Waals surface area (Å²) in [5, 5.41) is 12.3. The average Bonchev–Trinajstić information content (AvgIpc) is 2.95. The van der Waals surface area contributed by atoms with Crippen molar-refractivity contribution in [2.75, 3.05) is 13.2 Å². The quantitative estimate of drug-likeness (QED) is 0.255. The van der Waals surface area contributed by atoms with E-state index in [2.05, 4.69) is 18.3 Å². The maximum atomic E-state index is 13.3. The molecule has 1 aliphatic rings. The molecule has 40 heavy (non-hydrogen) atoms. The van der Waals surface area contributed by atoms with Crippen LogP contribution in [0.25, 0.3) is 11.1 Å². The molecule has 4 rings (SSSR count). The van der Waals surface area contributed by atoms with Gasteiger partial charge in [-0.05, 0) is 83.8 Å². The van der Waals surface area contributed by atoms with Crippen LogP contribution in [0.2, 0.25) is 0 Å². The number of hydrogen-bond donors (Lipinski definition) is 2. The van der Waals surface area contributed by atoms with E-state index in [0.717, 1.165) is 58.6 Å². The van der Waals surface area contributed by atoms with Gasteiger partial charge in [0.1, 0.15) is 19.3 Å². The number of unbranched alkanes of at least 4 members (excludes halogenated alkanes) is 1. The van der Waals surface area contributed by atoms with E-state index in [0.29, 0.717) is 44.8 Å². The Morgan fingerprint density at radius 3 is 2.33 bits per heavy atom. The SMILES string of the molecule is CCCCc1cc2c(cc1COCc1ccc(C(=O)NC(CCC)C(=O)O)c(-c3ccccc3C)c1)OCCO2. The second-order valence-corrected chi connectivity index (χ2v) is 10.2. The summed E-state index contributed by atoms with van der Waals surface area (Å²) >= 11 is 0. The van der Waals surface area contributed by atoms with E-state index in [1.807, 2.05) is 56.3 Å². The van der Waals surface area contributed by atoms with Crippen molar-refractivity contribution < 1.29 is 28.9 Å². The minimum absolute atomic E-state index is 0.357. The lowest BCUT2D eigenvalue weighted by Crippen LogP contribution is -2.40. The fourth-order valence-electron chi connectivity index (χ4n) is 4.95. The van der Waals surface area contributed by atoms with Crippen LogP contribution >= 0.6 is 0 Å². The first-order valence-electron chi connectivity index (χ1n) is 14.1. The van der Waals surface area contributed by atoms with Crippen molar-refractivity contribution >= 4 is 11.9 Å². The molecule has 1 unspecified atom stereocenters. The van der Waals surface area contributed by atoms with Crippen molar-refractivity contribution in [1.29, 1.82) is 0 Å². The molecule has 0 saturated carbocycles. The Bertz CT molecular complexity index is 1330. The van der Waals surface area contributed by atoms with Crippen LogP contribution in [0.1, 0.15) is 72.1 Å². The van der Waals surface area contributed by atoms with E-state index in [1.165, 1.54) is 5.56 Å². The largest absolute Gasteiger partial charge is 0.486 e. The fourth-order valence-corrected chi connectivity index (χ4v) is 4.95. The number of fused-ring (bicyclic) bond motifs is 1. The van der Waals surface area contributed by atoms with Crippen molar-refractivity contribution in [2.45, 2.75) is 72.1 Å². The Morgan fingerprint density at radius 1 is 0.925 bits per heavy atom. The lowest BCUT2D eigenvalue weighted by Gasteiger charge is -2.21. The van der Waals surface area contributed by atoms with Gasteiger partial charge in [-0.15, -0.1) is 0 Å². The zero-order valence-electron chi connectivity index (χ0n) is 23.6. The van der Waals surface area contributed by atoms with E-state index in [4.69, 9.17) is 14.2 Å². The molecule has 3 aromatic rings. The third-order valence-corrected chi connectivity index (χ3v) is 7.13. The van der Waals surface area contributed by atoms with Crippen molar-refractivity contribution in [3.63, 3.8) is 0 Å². The van der Waals surface area contributed by atoms with E-state index >= 15 is 0 Å². The Hall–Kier alpha value is -3.84. The van der Waals surface area contributed by atoms with Gasteiger partial charge in [0.25, 0.3) is 5.91 Å². The number of hydrogen-bond acceptors (Lipinski definition) is 5. The van der Waals surface area contributed by atoms with Gasteiger partial charge in [0, 0.05) is 5.56 Å². The molecular weight excluding hydrogens is 506 g/mol. The number of carboxylic acids is 1. The molecule has 1 aliphatic heterocycles. The first-order valence-corrected chi connectivity index (χ1v) is 14.1. The molecule has 1 heterocycles. The Morgan fingerprint density at radius 2 is 1.65 bits per heavy atom. The van der Waals surface area contributed by atoms with Gasteiger partial charge in [-0.3, -0.25) is 4.79 Å². The average molecular weight is 546 g/mol. The summed E-state index contributed by atoms with van der Waals surface area (Å²) in [6, 6.07) is 16.6. The van der Waals surface area contributed by atoms with E-state index in [-0.39, 0.29) is 0 Å². The van der Waals surface area contributed by atoms with Gasteiger partial charge in [-0.2, -0.15) is 0 Å². The third kappa shape index (κ3) is 7.21. The first kappa shape index (κ1) is 29.2. The number of carbonyl (C=O) groups excluding carboxylic acids is 1. The molecule has 0 spiro atoms. The van der Waals surface area contributed by atoms with Crippen LogP contribution in [0.3, 0.4) is 0 Å². The van der Waals surface area contributed by atoms with Gasteiger partial charge >= 0.3 is 5.97 Å². The van der Waals surface area contributed by atoms with Crippen LogP contribution in [-0.2, 0) is 29.2 Å². The van der Waals surface area contributed by atoms with Crippen LogP contribution < -0.4 is 14.8 Å². The Balaban J connectivity index is 1.56. The van der Waals surface area contributed by atoms with Crippen LogP contribution in [0.15, 0.2) is 54.6 Å². The zero-order chi connectivity index (χ0) is 28.5. The number of rotatable bonds is 13. The second kappa shape index (κ2) is 14.0. The van der Waals surface area contributed by atoms with Gasteiger partial charge in [0.2, 0.25) is 0 Å². The minimum Gasteiger partial charge on any atom is -0.486 e. The molecule has 0 saturated heterocycles. The number of aliphatic carboxylic acids is 1. The van der Waals surface area contributed by atoms with Crippen molar-refractivity contribution in [3.05, 3.63) is 82.4 Å². The minimum atomic E-state index is -1.03. The lowest BCUT2D eigenvalue weighted by atomic mass is 9.93. The van der Waals surface area contributed by atoms with Crippen LogP contribution in [0.4, 0.5) is 0 Å². The van der Waals surface area contributed by atoms with Gasteiger partial charge < -0.3 is 24.6 Å². The number of nitrogens with one attached hydrogen (secondary N) is 1. The van der Waals surface area contributed by atoms with E-state index in [1.54, 1.807) is 6.07 Å². The number of ether oxygens (including phenoxy) is 3. The summed E-state index contributed by atoms with van der Waals surface area (Å²) in [6.07, 6.45) is 4.15.